The van der Waals surface area contributed by atoms with E-state index in [-0.39, 0.29) is 11.3 Å². The van der Waals surface area contributed by atoms with Gasteiger partial charge in [-0.15, -0.1) is 0 Å². The van der Waals surface area contributed by atoms with Gasteiger partial charge < -0.3 is 15.3 Å². The molecule has 0 radical (unpaired) electrons. The fourth-order valence-corrected chi connectivity index (χ4v) is 2.70. The van der Waals surface area contributed by atoms with Crippen molar-refractivity contribution < 1.29 is 20.1 Å². The first-order valence-electron chi connectivity index (χ1n) is 8.85. The standard InChI is InChI=1S/C19H30O4/c1-2-3-4-5-6-7-8-9-10-11-12-16(20)15-13-14-17(21)19(23)18(15)22/h13-14,21-23H,2-12H2,1H3. The Kier molecular flexibility index (Phi) is 9.18. The van der Waals surface area contributed by atoms with E-state index in [0.717, 1.165) is 19.3 Å². The Bertz CT molecular complexity index is 483. The second kappa shape index (κ2) is 10.9. The highest BCUT2D eigenvalue weighted by Gasteiger charge is 2.16. The second-order valence-electron chi connectivity index (χ2n) is 6.18. The van der Waals surface area contributed by atoms with Crippen LogP contribution in [0.15, 0.2) is 12.1 Å². The van der Waals surface area contributed by atoms with E-state index in [2.05, 4.69) is 6.92 Å². The van der Waals surface area contributed by atoms with Crippen molar-refractivity contribution in [3.63, 3.8) is 0 Å². The minimum absolute atomic E-state index is 0.0798. The van der Waals surface area contributed by atoms with Crippen molar-refractivity contribution in [1.82, 2.24) is 0 Å². The molecule has 0 unspecified atom stereocenters. The number of aromatic hydroxyl groups is 3. The number of hydrogen-bond acceptors (Lipinski definition) is 4. The molecule has 0 fully saturated rings. The zero-order chi connectivity index (χ0) is 17.1. The van der Waals surface area contributed by atoms with Gasteiger partial charge >= 0.3 is 0 Å². The summed E-state index contributed by atoms with van der Waals surface area (Å²) < 4.78 is 0. The summed E-state index contributed by atoms with van der Waals surface area (Å²) in [5.74, 6) is -1.77. The lowest BCUT2D eigenvalue weighted by atomic mass is 10.0. The fourth-order valence-electron chi connectivity index (χ4n) is 2.70. The predicted molar refractivity (Wildman–Crippen MR) is 92.2 cm³/mol. The summed E-state index contributed by atoms with van der Waals surface area (Å²) in [5, 5.41) is 28.4. The van der Waals surface area contributed by atoms with Gasteiger partial charge in [0.05, 0.1) is 5.56 Å². The van der Waals surface area contributed by atoms with Crippen LogP contribution < -0.4 is 0 Å². The normalized spacial score (nSPS) is 10.8. The number of hydrogen-bond donors (Lipinski definition) is 3. The van der Waals surface area contributed by atoms with Crippen LogP contribution >= 0.6 is 0 Å². The lowest BCUT2D eigenvalue weighted by molar-refractivity contribution is 0.0975. The highest BCUT2D eigenvalue weighted by molar-refractivity contribution is 5.99. The predicted octanol–water partition coefficient (Wildman–Crippen LogP) is 5.30. The molecule has 23 heavy (non-hydrogen) atoms. The SMILES string of the molecule is CCCCCCCCCCCCC(=O)c1ccc(O)c(O)c1O. The quantitative estimate of drug-likeness (QED) is 0.277. The summed E-state index contributed by atoms with van der Waals surface area (Å²) >= 11 is 0. The van der Waals surface area contributed by atoms with Crippen molar-refractivity contribution in [1.29, 1.82) is 0 Å². The molecule has 0 aliphatic carbocycles. The van der Waals surface area contributed by atoms with Crippen LogP contribution in [0.4, 0.5) is 0 Å². The van der Waals surface area contributed by atoms with E-state index in [1.807, 2.05) is 0 Å². The Balaban J connectivity index is 2.14. The molecule has 0 atom stereocenters. The van der Waals surface area contributed by atoms with Gasteiger partial charge in [-0.3, -0.25) is 4.79 Å². The molecule has 1 aromatic carbocycles. The number of rotatable bonds is 12. The van der Waals surface area contributed by atoms with Crippen LogP contribution in [0.25, 0.3) is 0 Å². The molecule has 0 amide bonds. The number of ketones is 1. The number of phenols is 3. The van der Waals surface area contributed by atoms with Gasteiger partial charge in [0, 0.05) is 6.42 Å². The summed E-state index contributed by atoms with van der Waals surface area (Å²) in [5.41, 5.74) is 0.0798. The maximum atomic E-state index is 12.0. The van der Waals surface area contributed by atoms with Crippen LogP contribution in [-0.2, 0) is 0 Å². The molecule has 0 saturated carbocycles. The van der Waals surface area contributed by atoms with Crippen LogP contribution in [0.2, 0.25) is 0 Å². The summed E-state index contributed by atoms with van der Waals surface area (Å²) in [6, 6.07) is 2.57. The molecule has 0 saturated heterocycles. The Hall–Kier alpha value is -1.71. The molecule has 0 aromatic heterocycles. The largest absolute Gasteiger partial charge is 0.504 e. The van der Waals surface area contributed by atoms with Gasteiger partial charge in [0.15, 0.2) is 17.3 Å². The molecule has 1 rings (SSSR count). The number of carbonyl (C=O) groups is 1. The Morgan fingerprint density at radius 3 is 1.87 bits per heavy atom. The summed E-state index contributed by atoms with van der Waals surface area (Å²) in [6.07, 6.45) is 12.4. The van der Waals surface area contributed by atoms with Crippen molar-refractivity contribution in [2.24, 2.45) is 0 Å². The van der Waals surface area contributed by atoms with Gasteiger partial charge in [-0.05, 0) is 18.6 Å². The molecule has 0 heterocycles. The second-order valence-corrected chi connectivity index (χ2v) is 6.18. The van der Waals surface area contributed by atoms with Crippen molar-refractivity contribution in [2.75, 3.05) is 0 Å². The highest BCUT2D eigenvalue weighted by atomic mass is 16.3. The molecule has 0 spiro atoms. The van der Waals surface area contributed by atoms with Gasteiger partial charge in [-0.25, -0.2) is 0 Å². The number of phenolic OH excluding ortho intramolecular Hbond substituents is 3. The molecule has 0 aliphatic heterocycles. The van der Waals surface area contributed by atoms with Crippen molar-refractivity contribution in [2.45, 2.75) is 77.6 Å². The van der Waals surface area contributed by atoms with Gasteiger partial charge in [0.25, 0.3) is 0 Å². The molecule has 0 bridgehead atoms. The lowest BCUT2D eigenvalue weighted by Gasteiger charge is -2.07. The zero-order valence-corrected chi connectivity index (χ0v) is 14.2. The van der Waals surface area contributed by atoms with Crippen LogP contribution in [-0.4, -0.2) is 21.1 Å². The molecule has 130 valence electrons. The average molecular weight is 322 g/mol. The van der Waals surface area contributed by atoms with E-state index in [1.54, 1.807) is 0 Å². The highest BCUT2D eigenvalue weighted by Crippen LogP contribution is 2.37. The van der Waals surface area contributed by atoms with Gasteiger partial charge in [0.2, 0.25) is 5.75 Å². The molecule has 3 N–H and O–H groups in total. The van der Waals surface area contributed by atoms with Crippen molar-refractivity contribution >= 4 is 5.78 Å². The van der Waals surface area contributed by atoms with E-state index >= 15 is 0 Å². The van der Waals surface area contributed by atoms with Gasteiger partial charge in [-0.1, -0.05) is 64.7 Å². The molecule has 0 aliphatic rings. The summed E-state index contributed by atoms with van der Waals surface area (Å²) in [6.45, 7) is 2.22. The first-order chi connectivity index (χ1) is 11.1. The minimum atomic E-state index is -0.626. The van der Waals surface area contributed by atoms with E-state index in [1.165, 1.54) is 57.1 Å². The van der Waals surface area contributed by atoms with Crippen LogP contribution in [0.5, 0.6) is 17.2 Å². The monoisotopic (exact) mass is 322 g/mol. The van der Waals surface area contributed by atoms with Gasteiger partial charge in [-0.2, -0.15) is 0 Å². The molecule has 4 heteroatoms. The first kappa shape index (κ1) is 19.3. The topological polar surface area (TPSA) is 77.8 Å². The van der Waals surface area contributed by atoms with E-state index < -0.39 is 17.2 Å². The number of carbonyl (C=O) groups excluding carboxylic acids is 1. The van der Waals surface area contributed by atoms with E-state index in [0.29, 0.717) is 6.42 Å². The number of unbranched alkanes of at least 4 members (excludes halogenated alkanes) is 9. The smallest absolute Gasteiger partial charge is 0.201 e. The third kappa shape index (κ3) is 6.93. The molecular weight excluding hydrogens is 292 g/mol. The Morgan fingerprint density at radius 2 is 1.30 bits per heavy atom. The van der Waals surface area contributed by atoms with E-state index in [9.17, 15) is 20.1 Å². The molecule has 4 nitrogen and oxygen atoms in total. The van der Waals surface area contributed by atoms with E-state index in [4.69, 9.17) is 0 Å². The number of Topliss-reactive ketones (excluding diaryl/α,β-unsaturated/α-hetero) is 1. The first-order valence-corrected chi connectivity index (χ1v) is 8.85. The Labute approximate surface area is 139 Å². The Morgan fingerprint density at radius 1 is 0.783 bits per heavy atom. The van der Waals surface area contributed by atoms with Crippen molar-refractivity contribution in [3.8, 4) is 17.2 Å². The summed E-state index contributed by atoms with van der Waals surface area (Å²) in [4.78, 5) is 12.0. The third-order valence-corrected chi connectivity index (χ3v) is 4.19. The average Bonchev–Trinajstić information content (AvgIpc) is 2.54. The third-order valence-electron chi connectivity index (χ3n) is 4.19. The minimum Gasteiger partial charge on any atom is -0.504 e. The lowest BCUT2D eigenvalue weighted by Crippen LogP contribution is -1.99. The van der Waals surface area contributed by atoms with Gasteiger partial charge in [0.1, 0.15) is 0 Å². The summed E-state index contributed by atoms with van der Waals surface area (Å²) in [7, 11) is 0. The maximum Gasteiger partial charge on any atom is 0.201 e. The zero-order valence-electron chi connectivity index (χ0n) is 14.2. The molecule has 1 aromatic rings. The van der Waals surface area contributed by atoms with Crippen LogP contribution in [0.1, 0.15) is 87.9 Å². The number of benzene rings is 1. The van der Waals surface area contributed by atoms with Crippen LogP contribution in [0.3, 0.4) is 0 Å². The van der Waals surface area contributed by atoms with Crippen LogP contribution in [0, 0.1) is 0 Å². The van der Waals surface area contributed by atoms with Crippen molar-refractivity contribution in [3.05, 3.63) is 17.7 Å². The maximum absolute atomic E-state index is 12.0. The fraction of sp³-hybridized carbons (Fsp3) is 0.632. The molecular formula is C19H30O4.